The molecule has 3 N–H and O–H groups in total. The van der Waals surface area contributed by atoms with Gasteiger partial charge in [-0.15, -0.1) is 0 Å². The van der Waals surface area contributed by atoms with Gasteiger partial charge in [0.2, 0.25) is 5.91 Å². The Balaban J connectivity index is 3.84. The Bertz CT molecular complexity index is 183. The summed E-state index contributed by atoms with van der Waals surface area (Å²) in [6.45, 7) is 4.42. The minimum absolute atomic E-state index is 0.221. The number of hydrogen-bond donors (Lipinski definition) is 2. The van der Waals surface area contributed by atoms with Crippen molar-refractivity contribution in [1.82, 2.24) is 5.32 Å². The molecule has 0 aromatic rings. The van der Waals surface area contributed by atoms with Gasteiger partial charge in [-0.1, -0.05) is 0 Å². The van der Waals surface area contributed by atoms with E-state index in [1.165, 1.54) is 7.11 Å². The monoisotopic (exact) mass is 204 g/mol. The highest BCUT2D eigenvalue weighted by atomic mass is 16.5. The fourth-order valence-corrected chi connectivity index (χ4v) is 0.758. The van der Waals surface area contributed by atoms with Gasteiger partial charge in [-0.25, -0.2) is 0 Å². The Labute approximate surface area is 84.9 Å². The maximum atomic E-state index is 11.3. The smallest absolute Gasteiger partial charge is 0.239 e. The summed E-state index contributed by atoms with van der Waals surface area (Å²) < 4.78 is 9.91. The van der Waals surface area contributed by atoms with E-state index in [0.717, 1.165) is 0 Å². The molecule has 0 heterocycles. The molecule has 0 saturated heterocycles. The van der Waals surface area contributed by atoms with Crippen molar-refractivity contribution in [2.45, 2.75) is 25.5 Å². The second-order valence-corrected chi connectivity index (χ2v) is 3.74. The topological polar surface area (TPSA) is 73.6 Å². The van der Waals surface area contributed by atoms with Gasteiger partial charge in [-0.05, 0) is 13.8 Å². The fourth-order valence-electron chi connectivity index (χ4n) is 0.758. The summed E-state index contributed by atoms with van der Waals surface area (Å²) in [6.07, 6.45) is 0. The summed E-state index contributed by atoms with van der Waals surface area (Å²) in [6, 6.07) is -0.618. The zero-order valence-electron chi connectivity index (χ0n) is 9.29. The first-order chi connectivity index (χ1) is 6.43. The maximum absolute atomic E-state index is 11.3. The van der Waals surface area contributed by atoms with Crippen LogP contribution in [0.4, 0.5) is 0 Å². The summed E-state index contributed by atoms with van der Waals surface area (Å²) in [5.74, 6) is -0.225. The summed E-state index contributed by atoms with van der Waals surface area (Å²) in [7, 11) is 3.10. The number of ether oxygens (including phenoxy) is 2. The summed E-state index contributed by atoms with van der Waals surface area (Å²) in [4.78, 5) is 11.3. The van der Waals surface area contributed by atoms with Crippen LogP contribution >= 0.6 is 0 Å². The Morgan fingerprint density at radius 3 is 2.50 bits per heavy atom. The van der Waals surface area contributed by atoms with Crippen LogP contribution in [0.5, 0.6) is 0 Å². The summed E-state index contributed by atoms with van der Waals surface area (Å²) >= 11 is 0. The number of carbonyl (C=O) groups is 1. The third-order valence-electron chi connectivity index (χ3n) is 1.92. The molecule has 0 aliphatic carbocycles. The van der Waals surface area contributed by atoms with E-state index in [4.69, 9.17) is 15.2 Å². The first-order valence-electron chi connectivity index (χ1n) is 4.50. The zero-order chi connectivity index (χ0) is 11.2. The maximum Gasteiger partial charge on any atom is 0.239 e. The van der Waals surface area contributed by atoms with E-state index in [1.54, 1.807) is 7.11 Å². The van der Waals surface area contributed by atoms with E-state index >= 15 is 0 Å². The normalized spacial score (nSPS) is 13.8. The number of carbonyl (C=O) groups excluding carboxylic acids is 1. The highest BCUT2D eigenvalue weighted by Crippen LogP contribution is 2.04. The van der Waals surface area contributed by atoms with E-state index in [2.05, 4.69) is 5.32 Å². The molecule has 0 fully saturated rings. The first kappa shape index (κ1) is 13.4. The minimum atomic E-state index is -0.618. The van der Waals surface area contributed by atoms with Gasteiger partial charge in [0.25, 0.3) is 0 Å². The highest BCUT2D eigenvalue weighted by Gasteiger charge is 2.19. The second-order valence-electron chi connectivity index (χ2n) is 3.74. The molecule has 0 spiro atoms. The number of nitrogens with two attached hydrogens (primary N) is 1. The number of methoxy groups -OCH3 is 2. The van der Waals surface area contributed by atoms with Gasteiger partial charge >= 0.3 is 0 Å². The van der Waals surface area contributed by atoms with E-state index < -0.39 is 6.04 Å². The van der Waals surface area contributed by atoms with Crippen molar-refractivity contribution in [3.05, 3.63) is 0 Å². The quantitative estimate of drug-likeness (QED) is 0.612. The predicted octanol–water partition coefficient (Wildman–Crippen LogP) is -0.499. The molecule has 0 aliphatic rings. The van der Waals surface area contributed by atoms with Crippen molar-refractivity contribution in [2.75, 3.05) is 27.4 Å². The lowest BCUT2D eigenvalue weighted by Gasteiger charge is -2.24. The Kier molecular flexibility index (Phi) is 5.68. The van der Waals surface area contributed by atoms with Crippen LogP contribution in [-0.2, 0) is 14.3 Å². The zero-order valence-corrected chi connectivity index (χ0v) is 9.29. The molecule has 5 heteroatoms. The summed E-state index contributed by atoms with van der Waals surface area (Å²) in [5.41, 5.74) is 5.15. The fraction of sp³-hybridized carbons (Fsp3) is 0.889. The van der Waals surface area contributed by atoms with Crippen LogP contribution in [0.2, 0.25) is 0 Å². The van der Waals surface area contributed by atoms with Gasteiger partial charge in [0, 0.05) is 20.8 Å². The molecule has 0 saturated carbocycles. The molecule has 0 rings (SSSR count). The van der Waals surface area contributed by atoms with Gasteiger partial charge in [0.15, 0.2) is 0 Å². The largest absolute Gasteiger partial charge is 0.383 e. The Hall–Kier alpha value is -0.650. The number of rotatable bonds is 6. The average Bonchev–Trinajstić information content (AvgIpc) is 2.15. The van der Waals surface area contributed by atoms with E-state index in [1.807, 2.05) is 13.8 Å². The number of hydrogen-bond acceptors (Lipinski definition) is 4. The van der Waals surface area contributed by atoms with Crippen LogP contribution in [0.1, 0.15) is 13.8 Å². The van der Waals surface area contributed by atoms with E-state index in [-0.39, 0.29) is 18.1 Å². The van der Waals surface area contributed by atoms with Gasteiger partial charge in [-0.2, -0.15) is 0 Å². The molecule has 1 unspecified atom stereocenters. The molecule has 84 valence electrons. The molecule has 0 bridgehead atoms. The molecule has 5 nitrogen and oxygen atoms in total. The average molecular weight is 204 g/mol. The van der Waals surface area contributed by atoms with Crippen LogP contribution in [0.25, 0.3) is 0 Å². The van der Waals surface area contributed by atoms with Crippen LogP contribution in [0.3, 0.4) is 0 Å². The van der Waals surface area contributed by atoms with Crippen molar-refractivity contribution >= 4 is 5.91 Å². The van der Waals surface area contributed by atoms with Crippen molar-refractivity contribution in [2.24, 2.45) is 5.73 Å². The van der Waals surface area contributed by atoms with Gasteiger partial charge in [0.1, 0.15) is 6.04 Å². The first-order valence-corrected chi connectivity index (χ1v) is 4.50. The lowest BCUT2D eigenvalue weighted by molar-refractivity contribution is -0.124. The summed E-state index contributed by atoms with van der Waals surface area (Å²) in [5, 5.41) is 2.69. The second kappa shape index (κ2) is 5.95. The molecule has 0 aromatic carbocycles. The third-order valence-corrected chi connectivity index (χ3v) is 1.92. The third kappa shape index (κ3) is 5.16. The van der Waals surface area contributed by atoms with Crippen molar-refractivity contribution in [3.8, 4) is 0 Å². The molecule has 14 heavy (non-hydrogen) atoms. The number of amides is 1. The molecule has 0 radical (unpaired) electrons. The van der Waals surface area contributed by atoms with Crippen LogP contribution in [-0.4, -0.2) is 44.9 Å². The molecular formula is C9H20N2O3. The highest BCUT2D eigenvalue weighted by molar-refractivity contribution is 5.81. The Morgan fingerprint density at radius 1 is 1.50 bits per heavy atom. The predicted molar refractivity (Wildman–Crippen MR) is 53.9 cm³/mol. The van der Waals surface area contributed by atoms with Crippen molar-refractivity contribution in [3.63, 3.8) is 0 Å². The molecule has 1 atom stereocenters. The van der Waals surface area contributed by atoms with Crippen molar-refractivity contribution in [1.29, 1.82) is 0 Å². The lowest BCUT2D eigenvalue weighted by Crippen LogP contribution is -2.48. The molecule has 0 aliphatic heterocycles. The minimum Gasteiger partial charge on any atom is -0.383 e. The Morgan fingerprint density at radius 2 is 2.07 bits per heavy atom. The van der Waals surface area contributed by atoms with E-state index in [0.29, 0.717) is 6.54 Å². The molecular weight excluding hydrogens is 184 g/mol. The number of nitrogens with one attached hydrogen (secondary N) is 1. The van der Waals surface area contributed by atoms with Crippen LogP contribution < -0.4 is 11.1 Å². The van der Waals surface area contributed by atoms with Gasteiger partial charge < -0.3 is 20.5 Å². The van der Waals surface area contributed by atoms with Crippen molar-refractivity contribution < 1.29 is 14.3 Å². The van der Waals surface area contributed by atoms with Gasteiger partial charge in [0.05, 0.1) is 12.2 Å². The van der Waals surface area contributed by atoms with Gasteiger partial charge in [-0.3, -0.25) is 4.79 Å². The standard InChI is InChI=1S/C9H20N2O3/c1-9(2,14-4)6-11-8(12)7(10)5-13-3/h7H,5-6,10H2,1-4H3,(H,11,12). The van der Waals surface area contributed by atoms with Crippen LogP contribution in [0.15, 0.2) is 0 Å². The van der Waals surface area contributed by atoms with Crippen LogP contribution in [0, 0.1) is 0 Å². The SMILES string of the molecule is COCC(N)C(=O)NCC(C)(C)OC. The molecule has 0 aromatic heterocycles. The van der Waals surface area contributed by atoms with E-state index in [9.17, 15) is 4.79 Å². The molecule has 1 amide bonds. The lowest BCUT2D eigenvalue weighted by atomic mass is 10.1.